The molecule has 2 aliphatic rings. The Balaban J connectivity index is 2.18. The molecule has 0 aromatic carbocycles. The van der Waals surface area contributed by atoms with Gasteiger partial charge in [-0.1, -0.05) is 0 Å². The summed E-state index contributed by atoms with van der Waals surface area (Å²) >= 11 is 0. The molecule has 0 aliphatic carbocycles. The van der Waals surface area contributed by atoms with E-state index in [9.17, 15) is 18.0 Å². The lowest BCUT2D eigenvalue weighted by Crippen LogP contribution is -2.50. The standard InChI is InChI=1S/C15H24N2O6S/c1-4-24(20,21)17-8-5-15(6-9-17)12(11(2)14(19)23-15)13(18)16-7-10-22-3/h4-10H2,1-3H3,(H,16,18). The fraction of sp³-hybridized carbons (Fsp3) is 0.733. The first-order valence-corrected chi connectivity index (χ1v) is 9.58. The Hall–Kier alpha value is -1.45. The van der Waals surface area contributed by atoms with Gasteiger partial charge in [0.05, 0.1) is 17.9 Å². The Kier molecular flexibility index (Phi) is 5.67. The van der Waals surface area contributed by atoms with Crippen LogP contribution in [0, 0.1) is 0 Å². The van der Waals surface area contributed by atoms with Crippen molar-refractivity contribution >= 4 is 21.9 Å². The third kappa shape index (κ3) is 3.47. The van der Waals surface area contributed by atoms with Crippen LogP contribution in [-0.4, -0.2) is 69.3 Å². The maximum atomic E-state index is 12.5. The molecule has 2 heterocycles. The molecule has 1 spiro atoms. The minimum absolute atomic E-state index is 0.0268. The summed E-state index contributed by atoms with van der Waals surface area (Å²) in [5.74, 6) is -0.847. The van der Waals surface area contributed by atoms with Gasteiger partial charge in [-0.15, -0.1) is 0 Å². The number of rotatable bonds is 6. The fourth-order valence-corrected chi connectivity index (χ4v) is 4.25. The van der Waals surface area contributed by atoms with E-state index < -0.39 is 21.6 Å². The van der Waals surface area contributed by atoms with Gasteiger partial charge in [-0.3, -0.25) is 4.79 Å². The third-order valence-corrected chi connectivity index (χ3v) is 6.41. The van der Waals surface area contributed by atoms with Crippen molar-refractivity contribution < 1.29 is 27.5 Å². The average molecular weight is 360 g/mol. The van der Waals surface area contributed by atoms with E-state index in [2.05, 4.69) is 5.32 Å². The van der Waals surface area contributed by atoms with Crippen LogP contribution in [0.15, 0.2) is 11.1 Å². The summed E-state index contributed by atoms with van der Waals surface area (Å²) in [7, 11) is -1.76. The van der Waals surface area contributed by atoms with Crippen molar-refractivity contribution in [1.82, 2.24) is 9.62 Å². The van der Waals surface area contributed by atoms with Crippen LogP contribution in [0.2, 0.25) is 0 Å². The second kappa shape index (κ2) is 7.20. The van der Waals surface area contributed by atoms with E-state index in [-0.39, 0.29) is 43.2 Å². The second-order valence-electron chi connectivity index (χ2n) is 5.93. The van der Waals surface area contributed by atoms with E-state index in [1.165, 1.54) is 11.4 Å². The lowest BCUT2D eigenvalue weighted by atomic mass is 9.83. The molecule has 24 heavy (non-hydrogen) atoms. The largest absolute Gasteiger partial charge is 0.450 e. The number of piperidine rings is 1. The number of carbonyl (C=O) groups excluding carboxylic acids is 2. The Labute approximate surface area is 142 Å². The van der Waals surface area contributed by atoms with Crippen molar-refractivity contribution in [2.45, 2.75) is 32.3 Å². The molecule has 1 N–H and O–H groups in total. The zero-order valence-corrected chi connectivity index (χ0v) is 15.1. The van der Waals surface area contributed by atoms with Crippen molar-refractivity contribution in [1.29, 1.82) is 0 Å². The topological polar surface area (TPSA) is 102 Å². The molecule has 2 aliphatic heterocycles. The molecule has 0 bridgehead atoms. The van der Waals surface area contributed by atoms with Crippen molar-refractivity contribution in [3.8, 4) is 0 Å². The van der Waals surface area contributed by atoms with E-state index in [0.29, 0.717) is 18.7 Å². The van der Waals surface area contributed by atoms with Gasteiger partial charge in [-0.25, -0.2) is 17.5 Å². The first-order chi connectivity index (χ1) is 11.3. The lowest BCUT2D eigenvalue weighted by molar-refractivity contribution is -0.150. The smallest absolute Gasteiger partial charge is 0.335 e. The zero-order chi connectivity index (χ0) is 18.0. The van der Waals surface area contributed by atoms with Crippen LogP contribution >= 0.6 is 0 Å². The van der Waals surface area contributed by atoms with Gasteiger partial charge in [0.15, 0.2) is 0 Å². The predicted octanol–water partition coefficient (Wildman–Crippen LogP) is -0.193. The van der Waals surface area contributed by atoms with Crippen molar-refractivity contribution in [2.24, 2.45) is 0 Å². The highest BCUT2D eigenvalue weighted by Gasteiger charge is 2.51. The summed E-state index contributed by atoms with van der Waals surface area (Å²) in [6.07, 6.45) is 0.560. The number of amides is 1. The Morgan fingerprint density at radius 1 is 1.38 bits per heavy atom. The average Bonchev–Trinajstić information content (AvgIpc) is 2.78. The molecule has 1 fully saturated rings. The van der Waals surface area contributed by atoms with Crippen LogP contribution in [0.3, 0.4) is 0 Å². The molecule has 0 saturated carbocycles. The molecule has 136 valence electrons. The summed E-state index contributed by atoms with van der Waals surface area (Å²) < 4.78 is 35.8. The monoisotopic (exact) mass is 360 g/mol. The summed E-state index contributed by atoms with van der Waals surface area (Å²) in [5, 5.41) is 2.71. The van der Waals surface area contributed by atoms with Crippen molar-refractivity contribution in [2.75, 3.05) is 39.1 Å². The molecular weight excluding hydrogens is 336 g/mol. The molecule has 1 saturated heterocycles. The van der Waals surface area contributed by atoms with Gasteiger partial charge < -0.3 is 14.8 Å². The molecule has 1 amide bonds. The number of methoxy groups -OCH3 is 1. The van der Waals surface area contributed by atoms with E-state index in [4.69, 9.17) is 9.47 Å². The lowest BCUT2D eigenvalue weighted by Gasteiger charge is -2.38. The Morgan fingerprint density at radius 3 is 2.54 bits per heavy atom. The molecule has 9 heteroatoms. The summed E-state index contributed by atoms with van der Waals surface area (Å²) in [5.41, 5.74) is -0.424. The predicted molar refractivity (Wildman–Crippen MR) is 86.7 cm³/mol. The fourth-order valence-electron chi connectivity index (χ4n) is 3.14. The van der Waals surface area contributed by atoms with Gasteiger partial charge in [-0.2, -0.15) is 0 Å². The number of esters is 1. The number of nitrogens with one attached hydrogen (secondary N) is 1. The van der Waals surface area contributed by atoms with Gasteiger partial charge in [-0.05, 0) is 13.8 Å². The first-order valence-electron chi connectivity index (χ1n) is 7.97. The SMILES string of the molecule is CCS(=O)(=O)N1CCC2(CC1)OC(=O)C(C)=C2C(=O)NCCOC. The van der Waals surface area contributed by atoms with Crippen molar-refractivity contribution in [3.05, 3.63) is 11.1 Å². The van der Waals surface area contributed by atoms with Crippen LogP contribution in [0.1, 0.15) is 26.7 Å². The van der Waals surface area contributed by atoms with E-state index in [0.717, 1.165) is 0 Å². The molecule has 0 aromatic rings. The number of hydrogen-bond acceptors (Lipinski definition) is 6. The number of ether oxygens (including phenoxy) is 2. The molecule has 0 unspecified atom stereocenters. The number of carbonyl (C=O) groups is 2. The van der Waals surface area contributed by atoms with Crippen LogP contribution in [-0.2, 0) is 29.1 Å². The molecule has 0 atom stereocenters. The molecule has 2 rings (SSSR count). The highest BCUT2D eigenvalue weighted by molar-refractivity contribution is 7.89. The molecular formula is C15H24N2O6S. The van der Waals surface area contributed by atoms with Crippen LogP contribution < -0.4 is 5.32 Å². The summed E-state index contributed by atoms with van der Waals surface area (Å²) in [6, 6.07) is 0. The van der Waals surface area contributed by atoms with Gasteiger partial charge >= 0.3 is 5.97 Å². The highest BCUT2D eigenvalue weighted by Crippen LogP contribution is 2.41. The van der Waals surface area contributed by atoms with Gasteiger partial charge in [0.2, 0.25) is 10.0 Å². The minimum atomic E-state index is -3.29. The maximum Gasteiger partial charge on any atom is 0.335 e. The maximum absolute atomic E-state index is 12.5. The third-order valence-electron chi connectivity index (χ3n) is 4.53. The van der Waals surface area contributed by atoms with Gasteiger partial charge in [0, 0.05) is 45.2 Å². The zero-order valence-electron chi connectivity index (χ0n) is 14.3. The van der Waals surface area contributed by atoms with Crippen LogP contribution in [0.25, 0.3) is 0 Å². The highest BCUT2D eigenvalue weighted by atomic mass is 32.2. The van der Waals surface area contributed by atoms with Crippen LogP contribution in [0.5, 0.6) is 0 Å². The quantitative estimate of drug-likeness (QED) is 0.520. The molecule has 0 radical (unpaired) electrons. The molecule has 0 aromatic heterocycles. The van der Waals surface area contributed by atoms with Gasteiger partial charge in [0.1, 0.15) is 5.60 Å². The molecule has 8 nitrogen and oxygen atoms in total. The van der Waals surface area contributed by atoms with Gasteiger partial charge in [0.25, 0.3) is 5.91 Å². The summed E-state index contributed by atoms with van der Waals surface area (Å²) in [4.78, 5) is 24.5. The van der Waals surface area contributed by atoms with E-state index in [1.54, 1.807) is 13.8 Å². The van der Waals surface area contributed by atoms with E-state index >= 15 is 0 Å². The minimum Gasteiger partial charge on any atom is -0.450 e. The number of sulfonamides is 1. The first kappa shape index (κ1) is 18.9. The second-order valence-corrected chi connectivity index (χ2v) is 8.19. The summed E-state index contributed by atoms with van der Waals surface area (Å²) in [6.45, 7) is 4.30. The Bertz CT molecular complexity index is 647. The Morgan fingerprint density at radius 2 is 2.00 bits per heavy atom. The van der Waals surface area contributed by atoms with E-state index in [1.807, 2.05) is 0 Å². The normalized spacial score (nSPS) is 21.2. The number of hydrogen-bond donors (Lipinski definition) is 1. The van der Waals surface area contributed by atoms with Crippen LogP contribution in [0.4, 0.5) is 0 Å². The number of nitrogens with zero attached hydrogens (tertiary/aromatic N) is 1. The van der Waals surface area contributed by atoms with Crippen molar-refractivity contribution in [3.63, 3.8) is 0 Å².